The number of carbonyl (C=O) groups is 1. The summed E-state index contributed by atoms with van der Waals surface area (Å²) >= 11 is 0. The van der Waals surface area contributed by atoms with Crippen molar-refractivity contribution in [2.24, 2.45) is 0 Å². The zero-order chi connectivity index (χ0) is 20.2. The fraction of sp³-hybridized carbons (Fsp3) is 0.316. The maximum absolute atomic E-state index is 13.3. The van der Waals surface area contributed by atoms with Crippen molar-refractivity contribution in [2.45, 2.75) is 31.7 Å². The predicted molar refractivity (Wildman–Crippen MR) is 102 cm³/mol. The van der Waals surface area contributed by atoms with Crippen LogP contribution in [0.5, 0.6) is 5.75 Å². The highest BCUT2D eigenvalue weighted by molar-refractivity contribution is 7.93. The van der Waals surface area contributed by atoms with E-state index in [-0.39, 0.29) is 22.4 Å². The van der Waals surface area contributed by atoms with Crippen LogP contribution in [0.25, 0.3) is 0 Å². The van der Waals surface area contributed by atoms with E-state index in [1.165, 1.54) is 25.3 Å². The summed E-state index contributed by atoms with van der Waals surface area (Å²) in [5.74, 6) is -0.808. The van der Waals surface area contributed by atoms with Gasteiger partial charge in [0, 0.05) is 6.04 Å². The van der Waals surface area contributed by atoms with Crippen molar-refractivity contribution in [3.05, 3.63) is 53.8 Å². The molecule has 0 spiro atoms. The Balaban J connectivity index is 2.56. The van der Waals surface area contributed by atoms with Crippen molar-refractivity contribution in [3.8, 4) is 5.75 Å². The molecule has 0 aliphatic carbocycles. The van der Waals surface area contributed by atoms with Gasteiger partial charge in [0.15, 0.2) is 0 Å². The molecule has 0 radical (unpaired) electrons. The van der Waals surface area contributed by atoms with Crippen molar-refractivity contribution < 1.29 is 22.3 Å². The predicted octanol–water partition coefficient (Wildman–Crippen LogP) is 2.86. The van der Waals surface area contributed by atoms with Gasteiger partial charge in [-0.3, -0.25) is 9.10 Å². The standard InChI is InChI=1S/C19H23FN2O4S/c1-13(2)21-19(23)12-22(16-8-6-15(20)7-9-16)27(24,25)18-11-14(3)5-10-17(18)26-4/h5-11,13H,12H2,1-4H3,(H,21,23). The number of halogens is 1. The summed E-state index contributed by atoms with van der Waals surface area (Å²) in [7, 11) is -2.77. The summed E-state index contributed by atoms with van der Waals surface area (Å²) in [5, 5.41) is 2.67. The SMILES string of the molecule is COc1ccc(C)cc1S(=O)(=O)N(CC(=O)NC(C)C)c1ccc(F)cc1. The highest BCUT2D eigenvalue weighted by Gasteiger charge is 2.30. The Morgan fingerprint density at radius 1 is 1.19 bits per heavy atom. The Bertz CT molecular complexity index is 912. The second-order valence-corrected chi connectivity index (χ2v) is 8.20. The van der Waals surface area contributed by atoms with E-state index >= 15 is 0 Å². The average molecular weight is 394 g/mol. The number of nitrogens with zero attached hydrogens (tertiary/aromatic N) is 1. The molecule has 146 valence electrons. The first-order valence-electron chi connectivity index (χ1n) is 8.37. The number of rotatable bonds is 7. The number of sulfonamides is 1. The minimum absolute atomic E-state index is 0.0633. The lowest BCUT2D eigenvalue weighted by Gasteiger charge is -2.25. The molecule has 0 bridgehead atoms. The summed E-state index contributed by atoms with van der Waals surface area (Å²) in [6.07, 6.45) is 0. The van der Waals surface area contributed by atoms with Gasteiger partial charge in [-0.2, -0.15) is 0 Å². The van der Waals surface area contributed by atoms with Crippen molar-refractivity contribution >= 4 is 21.6 Å². The molecule has 0 saturated heterocycles. The lowest BCUT2D eigenvalue weighted by atomic mass is 10.2. The maximum atomic E-state index is 13.3. The molecule has 0 heterocycles. The van der Waals surface area contributed by atoms with E-state index in [9.17, 15) is 17.6 Å². The van der Waals surface area contributed by atoms with Gasteiger partial charge in [0.05, 0.1) is 12.8 Å². The van der Waals surface area contributed by atoms with Crippen LogP contribution in [0.15, 0.2) is 47.4 Å². The Morgan fingerprint density at radius 3 is 2.37 bits per heavy atom. The molecule has 0 aliphatic rings. The van der Waals surface area contributed by atoms with E-state index in [2.05, 4.69) is 5.32 Å². The summed E-state index contributed by atoms with van der Waals surface area (Å²) in [6.45, 7) is 4.87. The van der Waals surface area contributed by atoms with Crippen LogP contribution >= 0.6 is 0 Å². The zero-order valence-electron chi connectivity index (χ0n) is 15.7. The van der Waals surface area contributed by atoms with E-state index in [4.69, 9.17) is 4.74 Å². The highest BCUT2D eigenvalue weighted by atomic mass is 32.2. The van der Waals surface area contributed by atoms with Gasteiger partial charge >= 0.3 is 0 Å². The van der Waals surface area contributed by atoms with Crippen LogP contribution < -0.4 is 14.4 Å². The molecule has 2 aromatic carbocycles. The Morgan fingerprint density at radius 2 is 1.81 bits per heavy atom. The number of aryl methyl sites for hydroxylation is 1. The normalized spacial score (nSPS) is 11.3. The molecule has 6 nitrogen and oxygen atoms in total. The second kappa shape index (κ2) is 8.39. The molecule has 0 fully saturated rings. The quantitative estimate of drug-likeness (QED) is 0.784. The van der Waals surface area contributed by atoms with Crippen LogP contribution in [0.4, 0.5) is 10.1 Å². The van der Waals surface area contributed by atoms with Crippen LogP contribution in [0.1, 0.15) is 19.4 Å². The molecule has 0 saturated carbocycles. The van der Waals surface area contributed by atoms with Gasteiger partial charge in [-0.15, -0.1) is 0 Å². The lowest BCUT2D eigenvalue weighted by Crippen LogP contribution is -2.43. The first-order valence-corrected chi connectivity index (χ1v) is 9.81. The van der Waals surface area contributed by atoms with Crippen molar-refractivity contribution in [3.63, 3.8) is 0 Å². The first kappa shape index (κ1) is 20.7. The zero-order valence-corrected chi connectivity index (χ0v) is 16.5. The minimum atomic E-state index is -4.14. The Hall–Kier alpha value is -2.61. The minimum Gasteiger partial charge on any atom is -0.495 e. The number of carbonyl (C=O) groups excluding carboxylic acids is 1. The van der Waals surface area contributed by atoms with E-state index in [0.29, 0.717) is 0 Å². The number of hydrogen-bond donors (Lipinski definition) is 1. The summed E-state index contributed by atoms with van der Waals surface area (Å²) in [5.41, 5.74) is 0.902. The molecule has 2 aromatic rings. The van der Waals surface area contributed by atoms with Gasteiger partial charge in [0.25, 0.3) is 10.0 Å². The molecular formula is C19H23FN2O4S. The van der Waals surface area contributed by atoms with E-state index in [0.717, 1.165) is 22.0 Å². The van der Waals surface area contributed by atoms with Gasteiger partial charge in [0.2, 0.25) is 5.91 Å². The van der Waals surface area contributed by atoms with Crippen molar-refractivity contribution in [1.82, 2.24) is 5.32 Å². The van der Waals surface area contributed by atoms with Gasteiger partial charge in [-0.1, -0.05) is 6.07 Å². The monoisotopic (exact) mass is 394 g/mol. The third-order valence-corrected chi connectivity index (χ3v) is 5.53. The number of amides is 1. The average Bonchev–Trinajstić information content (AvgIpc) is 2.60. The summed E-state index contributed by atoms with van der Waals surface area (Å²) in [4.78, 5) is 12.2. The fourth-order valence-corrected chi connectivity index (χ4v) is 4.19. The maximum Gasteiger partial charge on any atom is 0.268 e. The van der Waals surface area contributed by atoms with Crippen molar-refractivity contribution in [2.75, 3.05) is 18.0 Å². The molecule has 0 atom stereocenters. The molecule has 0 aromatic heterocycles. The molecule has 8 heteroatoms. The van der Waals surface area contributed by atoms with Crippen LogP contribution in [0.3, 0.4) is 0 Å². The molecule has 27 heavy (non-hydrogen) atoms. The van der Waals surface area contributed by atoms with Crippen LogP contribution in [-0.2, 0) is 14.8 Å². The van der Waals surface area contributed by atoms with Crippen LogP contribution in [0, 0.1) is 12.7 Å². The van der Waals surface area contributed by atoms with E-state index in [1.807, 2.05) is 0 Å². The Labute approximate surface area is 159 Å². The fourth-order valence-electron chi connectivity index (χ4n) is 2.52. The topological polar surface area (TPSA) is 75.7 Å². The summed E-state index contributed by atoms with van der Waals surface area (Å²) < 4.78 is 46.1. The highest BCUT2D eigenvalue weighted by Crippen LogP contribution is 2.30. The van der Waals surface area contributed by atoms with Crippen molar-refractivity contribution in [1.29, 1.82) is 0 Å². The van der Waals surface area contributed by atoms with Gasteiger partial charge < -0.3 is 10.1 Å². The van der Waals surface area contributed by atoms with E-state index < -0.39 is 28.3 Å². The first-order chi connectivity index (χ1) is 12.6. The second-order valence-electron chi connectivity index (χ2n) is 6.36. The number of ether oxygens (including phenoxy) is 1. The number of hydrogen-bond acceptors (Lipinski definition) is 4. The lowest BCUT2D eigenvalue weighted by molar-refractivity contribution is -0.120. The third-order valence-electron chi connectivity index (χ3n) is 3.74. The Kier molecular flexibility index (Phi) is 6.43. The van der Waals surface area contributed by atoms with Crippen LogP contribution in [-0.4, -0.2) is 34.0 Å². The largest absolute Gasteiger partial charge is 0.495 e. The van der Waals surface area contributed by atoms with Gasteiger partial charge in [-0.05, 0) is 62.7 Å². The molecule has 0 aliphatic heterocycles. The summed E-state index contributed by atoms with van der Waals surface area (Å²) in [6, 6.07) is 9.53. The number of methoxy groups -OCH3 is 1. The number of benzene rings is 2. The number of nitrogens with one attached hydrogen (secondary N) is 1. The molecule has 1 N–H and O–H groups in total. The molecule has 0 unspecified atom stereocenters. The van der Waals surface area contributed by atoms with E-state index in [1.54, 1.807) is 32.9 Å². The molecular weight excluding hydrogens is 371 g/mol. The molecule has 2 rings (SSSR count). The number of anilines is 1. The van der Waals surface area contributed by atoms with Crippen LogP contribution in [0.2, 0.25) is 0 Å². The van der Waals surface area contributed by atoms with Gasteiger partial charge in [0.1, 0.15) is 23.0 Å². The smallest absolute Gasteiger partial charge is 0.268 e. The molecule has 1 amide bonds. The third kappa shape index (κ3) is 4.97. The van der Waals surface area contributed by atoms with Gasteiger partial charge in [-0.25, -0.2) is 12.8 Å².